The minimum Gasteiger partial charge on any atom is -0.303 e. The van der Waals surface area contributed by atoms with Gasteiger partial charge in [-0.25, -0.2) is 4.98 Å². The van der Waals surface area contributed by atoms with E-state index >= 15 is 0 Å². The Bertz CT molecular complexity index is 311. The zero-order valence-electron chi connectivity index (χ0n) is 9.20. The molecule has 2 nitrogen and oxygen atoms in total. The van der Waals surface area contributed by atoms with Gasteiger partial charge in [0.15, 0.2) is 0 Å². The van der Waals surface area contributed by atoms with Crippen LogP contribution in [0.4, 0.5) is 0 Å². The van der Waals surface area contributed by atoms with Crippen LogP contribution in [0, 0.1) is 5.92 Å². The van der Waals surface area contributed by atoms with E-state index in [1.165, 1.54) is 37.1 Å². The van der Waals surface area contributed by atoms with E-state index in [4.69, 9.17) is 0 Å². The minimum absolute atomic E-state index is 0.149. The highest BCUT2D eigenvalue weighted by Gasteiger charge is 2.39. The minimum atomic E-state index is 0.149. The van der Waals surface area contributed by atoms with Gasteiger partial charge in [-0.3, -0.25) is 0 Å². The molecule has 1 heterocycles. The number of thiazole rings is 1. The summed E-state index contributed by atoms with van der Waals surface area (Å²) in [6.45, 7) is 2.34. The maximum Gasteiger partial charge on any atom is 0.112 e. The van der Waals surface area contributed by atoms with Crippen molar-refractivity contribution in [2.75, 3.05) is 0 Å². The van der Waals surface area contributed by atoms with Gasteiger partial charge in [0.1, 0.15) is 5.01 Å². The maximum atomic E-state index is 4.51. The number of hydrogen-bond acceptors (Lipinski definition) is 3. The second kappa shape index (κ2) is 3.56. The molecule has 0 aromatic carbocycles. The Hall–Kier alpha value is -0.410. The monoisotopic (exact) mass is 222 g/mol. The Kier molecular flexibility index (Phi) is 2.33. The van der Waals surface area contributed by atoms with E-state index in [9.17, 15) is 0 Å². The second-order valence-electron chi connectivity index (χ2n) is 5.24. The van der Waals surface area contributed by atoms with Crippen molar-refractivity contribution in [2.45, 2.75) is 50.6 Å². The van der Waals surface area contributed by atoms with E-state index in [0.717, 1.165) is 12.0 Å². The normalized spacial score (nSPS) is 25.1. The van der Waals surface area contributed by atoms with Gasteiger partial charge in [0.2, 0.25) is 0 Å². The molecular weight excluding hydrogens is 204 g/mol. The number of rotatable bonds is 5. The lowest BCUT2D eigenvalue weighted by atomic mass is 9.95. The molecule has 0 radical (unpaired) electrons. The molecule has 0 bridgehead atoms. The molecule has 2 saturated carbocycles. The van der Waals surface area contributed by atoms with Crippen LogP contribution in [-0.2, 0) is 5.54 Å². The average Bonchev–Trinajstić information content (AvgIpc) is 3.12. The Morgan fingerprint density at radius 1 is 1.47 bits per heavy atom. The van der Waals surface area contributed by atoms with Gasteiger partial charge < -0.3 is 5.32 Å². The smallest absolute Gasteiger partial charge is 0.112 e. The highest BCUT2D eigenvalue weighted by molar-refractivity contribution is 7.09. The summed E-state index contributed by atoms with van der Waals surface area (Å²) < 4.78 is 0. The second-order valence-corrected chi connectivity index (χ2v) is 6.13. The molecule has 1 unspecified atom stereocenters. The third-order valence-electron chi connectivity index (χ3n) is 3.40. The first-order valence-corrected chi connectivity index (χ1v) is 6.82. The Balaban J connectivity index is 1.77. The van der Waals surface area contributed by atoms with E-state index in [2.05, 4.69) is 22.6 Å². The van der Waals surface area contributed by atoms with Crippen molar-refractivity contribution < 1.29 is 0 Å². The molecule has 2 aliphatic carbocycles. The molecule has 0 spiro atoms. The first kappa shape index (κ1) is 9.79. The Morgan fingerprint density at radius 3 is 2.80 bits per heavy atom. The molecule has 0 aliphatic heterocycles. The van der Waals surface area contributed by atoms with Crippen molar-refractivity contribution in [3.63, 3.8) is 0 Å². The molecule has 1 aromatic heterocycles. The standard InChI is InChI=1S/C12H18N2S/c1-12(8-9-2-3-9,14-10-4-5-10)11-13-6-7-15-11/h6-7,9-10,14H,2-5,8H2,1H3. The molecule has 82 valence electrons. The van der Waals surface area contributed by atoms with Gasteiger partial charge >= 0.3 is 0 Å². The number of nitrogens with zero attached hydrogens (tertiary/aromatic N) is 1. The molecule has 15 heavy (non-hydrogen) atoms. The van der Waals surface area contributed by atoms with E-state index in [1.54, 1.807) is 11.3 Å². The van der Waals surface area contributed by atoms with Crippen LogP contribution in [0.3, 0.4) is 0 Å². The SMILES string of the molecule is CC(CC1CC1)(NC1CC1)c1nccs1. The molecule has 3 rings (SSSR count). The van der Waals surface area contributed by atoms with Crippen molar-refractivity contribution in [2.24, 2.45) is 5.92 Å². The molecule has 0 amide bonds. The summed E-state index contributed by atoms with van der Waals surface area (Å²) >= 11 is 1.80. The third kappa shape index (κ3) is 2.23. The number of aromatic nitrogens is 1. The van der Waals surface area contributed by atoms with Crippen molar-refractivity contribution in [3.8, 4) is 0 Å². The fraction of sp³-hybridized carbons (Fsp3) is 0.750. The fourth-order valence-corrected chi connectivity index (χ4v) is 3.06. The van der Waals surface area contributed by atoms with Crippen LogP contribution < -0.4 is 5.32 Å². The summed E-state index contributed by atoms with van der Waals surface area (Å²) in [6.07, 6.45) is 8.76. The summed E-state index contributed by atoms with van der Waals surface area (Å²) in [5.74, 6) is 0.949. The quantitative estimate of drug-likeness (QED) is 0.828. The van der Waals surface area contributed by atoms with Gasteiger partial charge in [-0.05, 0) is 32.1 Å². The van der Waals surface area contributed by atoms with E-state index < -0.39 is 0 Å². The lowest BCUT2D eigenvalue weighted by Crippen LogP contribution is -2.41. The van der Waals surface area contributed by atoms with Crippen LogP contribution >= 0.6 is 11.3 Å². The van der Waals surface area contributed by atoms with Gasteiger partial charge in [0, 0.05) is 17.6 Å². The topological polar surface area (TPSA) is 24.9 Å². The van der Waals surface area contributed by atoms with Gasteiger partial charge in [-0.15, -0.1) is 11.3 Å². The van der Waals surface area contributed by atoms with Gasteiger partial charge in [-0.1, -0.05) is 12.8 Å². The van der Waals surface area contributed by atoms with Gasteiger partial charge in [0.05, 0.1) is 5.54 Å². The van der Waals surface area contributed by atoms with Crippen molar-refractivity contribution in [1.82, 2.24) is 10.3 Å². The molecule has 0 saturated heterocycles. The van der Waals surface area contributed by atoms with Gasteiger partial charge in [0.25, 0.3) is 0 Å². The summed E-state index contributed by atoms with van der Waals surface area (Å²) in [5.41, 5.74) is 0.149. The van der Waals surface area contributed by atoms with Crippen molar-refractivity contribution >= 4 is 11.3 Å². The largest absolute Gasteiger partial charge is 0.303 e. The number of hydrogen-bond donors (Lipinski definition) is 1. The molecule has 1 N–H and O–H groups in total. The van der Waals surface area contributed by atoms with E-state index in [0.29, 0.717) is 0 Å². The highest BCUT2D eigenvalue weighted by Crippen LogP contribution is 2.42. The van der Waals surface area contributed by atoms with E-state index in [1.807, 2.05) is 6.20 Å². The number of nitrogens with one attached hydrogen (secondary N) is 1. The average molecular weight is 222 g/mol. The zero-order valence-corrected chi connectivity index (χ0v) is 10.0. The van der Waals surface area contributed by atoms with E-state index in [-0.39, 0.29) is 5.54 Å². The first-order chi connectivity index (χ1) is 7.26. The summed E-state index contributed by atoms with van der Waals surface area (Å²) in [4.78, 5) is 4.51. The molecule has 1 atom stereocenters. The van der Waals surface area contributed by atoms with Crippen LogP contribution in [0.1, 0.15) is 44.0 Å². The van der Waals surface area contributed by atoms with Crippen LogP contribution in [0.15, 0.2) is 11.6 Å². The zero-order chi connectivity index (χ0) is 10.3. The van der Waals surface area contributed by atoms with Crippen LogP contribution in [0.2, 0.25) is 0 Å². The predicted molar refractivity (Wildman–Crippen MR) is 63.0 cm³/mol. The third-order valence-corrected chi connectivity index (χ3v) is 4.44. The van der Waals surface area contributed by atoms with Crippen LogP contribution in [0.5, 0.6) is 0 Å². The first-order valence-electron chi connectivity index (χ1n) is 5.94. The predicted octanol–water partition coefficient (Wildman–Crippen LogP) is 2.91. The molecule has 3 heteroatoms. The lowest BCUT2D eigenvalue weighted by molar-refractivity contribution is 0.318. The Labute approximate surface area is 95.1 Å². The molecule has 2 fully saturated rings. The van der Waals surface area contributed by atoms with Gasteiger partial charge in [-0.2, -0.15) is 0 Å². The van der Waals surface area contributed by atoms with Crippen LogP contribution in [0.25, 0.3) is 0 Å². The summed E-state index contributed by atoms with van der Waals surface area (Å²) in [6, 6.07) is 0.762. The lowest BCUT2D eigenvalue weighted by Gasteiger charge is -2.29. The summed E-state index contributed by atoms with van der Waals surface area (Å²) in [5, 5.41) is 7.16. The molecule has 2 aliphatic rings. The summed E-state index contributed by atoms with van der Waals surface area (Å²) in [7, 11) is 0. The molecular formula is C12H18N2S. The molecule has 1 aromatic rings. The maximum absolute atomic E-state index is 4.51. The van der Waals surface area contributed by atoms with Crippen molar-refractivity contribution in [1.29, 1.82) is 0 Å². The van der Waals surface area contributed by atoms with Crippen LogP contribution in [-0.4, -0.2) is 11.0 Å². The Morgan fingerprint density at radius 2 is 2.27 bits per heavy atom. The highest BCUT2D eigenvalue weighted by atomic mass is 32.1. The van der Waals surface area contributed by atoms with Crippen molar-refractivity contribution in [3.05, 3.63) is 16.6 Å². The fourth-order valence-electron chi connectivity index (χ4n) is 2.28.